The quantitative estimate of drug-likeness (QED) is 0.142. The van der Waals surface area contributed by atoms with Crippen LogP contribution in [0.15, 0.2) is 114 Å². The van der Waals surface area contributed by atoms with Gasteiger partial charge in [-0.05, 0) is 79.1 Å². The van der Waals surface area contributed by atoms with E-state index < -0.39 is 28.5 Å². The number of carbonyl (C=O) groups excluding carboxylic acids is 2. The zero-order valence-electron chi connectivity index (χ0n) is 26.5. The molecule has 0 aromatic heterocycles. The summed E-state index contributed by atoms with van der Waals surface area (Å²) < 4.78 is 40.5. The molecule has 1 unspecified atom stereocenters. The van der Waals surface area contributed by atoms with Crippen LogP contribution in [0.3, 0.4) is 0 Å². The summed E-state index contributed by atoms with van der Waals surface area (Å²) >= 11 is 0. The molecule has 0 bridgehead atoms. The lowest BCUT2D eigenvalue weighted by molar-refractivity contribution is -0.140. The lowest BCUT2D eigenvalue weighted by Gasteiger charge is -2.33. The summed E-state index contributed by atoms with van der Waals surface area (Å²) in [6.45, 7) is 3.90. The molecule has 1 N–H and O–H groups in total. The molecule has 0 aliphatic carbocycles. The molecular formula is C36H41N3O6S. The number of sulfonamides is 1. The molecular weight excluding hydrogens is 602 g/mol. The summed E-state index contributed by atoms with van der Waals surface area (Å²) in [5.74, 6) is 0.941. The van der Waals surface area contributed by atoms with Gasteiger partial charge in [0.15, 0.2) is 0 Å². The molecule has 0 aliphatic heterocycles. The fourth-order valence-corrected chi connectivity index (χ4v) is 6.38. The standard InChI is InChI=1S/C36H41N3O6S/c1-4-6-24-37-36(41)34(5-2)38(26-28-14-13-17-32(25-28)44-3)35(40)27-39(46(42,43)33-18-11-8-12-19-33)29-20-22-31(23-21-29)45-30-15-9-7-10-16-30/h7-23,25,34H,4-6,24,26-27H2,1-3H3,(H,37,41). The number of benzene rings is 4. The Morgan fingerprint density at radius 3 is 2.07 bits per heavy atom. The third-order valence-corrected chi connectivity index (χ3v) is 9.20. The first kappa shape index (κ1) is 34.1. The topological polar surface area (TPSA) is 105 Å². The van der Waals surface area contributed by atoms with E-state index in [0.29, 0.717) is 30.2 Å². The molecule has 0 heterocycles. The highest BCUT2D eigenvalue weighted by Crippen LogP contribution is 2.29. The summed E-state index contributed by atoms with van der Waals surface area (Å²) in [7, 11) is -2.63. The zero-order chi connectivity index (χ0) is 32.9. The Labute approximate surface area is 271 Å². The molecule has 0 spiro atoms. The fraction of sp³-hybridized carbons (Fsp3) is 0.278. The second-order valence-electron chi connectivity index (χ2n) is 10.7. The van der Waals surface area contributed by atoms with Crippen molar-refractivity contribution in [3.8, 4) is 17.2 Å². The van der Waals surface area contributed by atoms with Gasteiger partial charge in [-0.3, -0.25) is 13.9 Å². The largest absolute Gasteiger partial charge is 0.497 e. The van der Waals surface area contributed by atoms with Crippen molar-refractivity contribution in [1.29, 1.82) is 0 Å². The number of unbranched alkanes of at least 4 members (excludes halogenated alkanes) is 1. The number of nitrogens with zero attached hydrogens (tertiary/aromatic N) is 2. The van der Waals surface area contributed by atoms with Gasteiger partial charge in [-0.25, -0.2) is 8.42 Å². The van der Waals surface area contributed by atoms with Crippen LogP contribution in [-0.2, 0) is 26.2 Å². The third-order valence-electron chi connectivity index (χ3n) is 7.42. The molecule has 0 aliphatic rings. The van der Waals surface area contributed by atoms with Gasteiger partial charge >= 0.3 is 0 Å². The Kier molecular flexibility index (Phi) is 12.2. The molecule has 242 valence electrons. The normalized spacial score (nSPS) is 11.7. The first-order valence-electron chi connectivity index (χ1n) is 15.4. The predicted octanol–water partition coefficient (Wildman–Crippen LogP) is 6.41. The molecule has 1 atom stereocenters. The molecule has 9 nitrogen and oxygen atoms in total. The first-order chi connectivity index (χ1) is 22.3. The van der Waals surface area contributed by atoms with E-state index in [1.807, 2.05) is 56.3 Å². The number of amides is 2. The van der Waals surface area contributed by atoms with Crippen LogP contribution in [0.5, 0.6) is 17.2 Å². The van der Waals surface area contributed by atoms with Gasteiger partial charge in [-0.1, -0.05) is 68.8 Å². The molecule has 0 fully saturated rings. The maximum Gasteiger partial charge on any atom is 0.264 e. The van der Waals surface area contributed by atoms with Crippen LogP contribution in [0.1, 0.15) is 38.7 Å². The number of methoxy groups -OCH3 is 1. The highest BCUT2D eigenvalue weighted by molar-refractivity contribution is 7.92. The SMILES string of the molecule is CCCCNC(=O)C(CC)N(Cc1cccc(OC)c1)C(=O)CN(c1ccc(Oc2ccccc2)cc1)S(=O)(=O)c1ccccc1. The van der Waals surface area contributed by atoms with E-state index in [4.69, 9.17) is 9.47 Å². The number of ether oxygens (including phenoxy) is 2. The van der Waals surface area contributed by atoms with Crippen LogP contribution in [0.25, 0.3) is 0 Å². The Hall–Kier alpha value is -4.83. The van der Waals surface area contributed by atoms with E-state index in [9.17, 15) is 18.0 Å². The van der Waals surface area contributed by atoms with Crippen molar-refractivity contribution >= 4 is 27.5 Å². The highest BCUT2D eigenvalue weighted by atomic mass is 32.2. The Morgan fingerprint density at radius 1 is 0.804 bits per heavy atom. The number of rotatable bonds is 16. The molecule has 0 saturated heterocycles. The monoisotopic (exact) mass is 643 g/mol. The minimum atomic E-state index is -4.18. The Morgan fingerprint density at radius 2 is 1.43 bits per heavy atom. The van der Waals surface area contributed by atoms with Crippen molar-refractivity contribution in [2.75, 3.05) is 24.5 Å². The third kappa shape index (κ3) is 8.88. The van der Waals surface area contributed by atoms with Crippen LogP contribution in [0, 0.1) is 0 Å². The van der Waals surface area contributed by atoms with Crippen molar-refractivity contribution in [2.24, 2.45) is 0 Å². The molecule has 2 amide bonds. The molecule has 0 radical (unpaired) electrons. The van der Waals surface area contributed by atoms with Gasteiger partial charge in [0.25, 0.3) is 10.0 Å². The van der Waals surface area contributed by atoms with Crippen LogP contribution < -0.4 is 19.1 Å². The number of hydrogen-bond donors (Lipinski definition) is 1. The summed E-state index contributed by atoms with van der Waals surface area (Å²) in [4.78, 5) is 29.2. The minimum Gasteiger partial charge on any atom is -0.497 e. The molecule has 4 rings (SSSR count). The van der Waals surface area contributed by atoms with Gasteiger partial charge in [0, 0.05) is 13.1 Å². The minimum absolute atomic E-state index is 0.0381. The zero-order valence-corrected chi connectivity index (χ0v) is 27.3. The smallest absolute Gasteiger partial charge is 0.264 e. The highest BCUT2D eigenvalue weighted by Gasteiger charge is 2.33. The van der Waals surface area contributed by atoms with Crippen LogP contribution in [0.2, 0.25) is 0 Å². The van der Waals surface area contributed by atoms with Gasteiger partial charge in [-0.2, -0.15) is 0 Å². The van der Waals surface area contributed by atoms with E-state index in [1.54, 1.807) is 61.7 Å². The second-order valence-corrected chi connectivity index (χ2v) is 12.5. The Bertz CT molecular complexity index is 1670. The molecule has 4 aromatic carbocycles. The number of nitrogens with one attached hydrogen (secondary N) is 1. The lowest BCUT2D eigenvalue weighted by atomic mass is 10.1. The predicted molar refractivity (Wildman–Crippen MR) is 179 cm³/mol. The molecule has 4 aromatic rings. The number of carbonyl (C=O) groups is 2. The van der Waals surface area contributed by atoms with Gasteiger partial charge in [0.05, 0.1) is 17.7 Å². The van der Waals surface area contributed by atoms with Crippen molar-refractivity contribution in [3.05, 3.63) is 115 Å². The average Bonchev–Trinajstić information content (AvgIpc) is 3.08. The van der Waals surface area contributed by atoms with Crippen molar-refractivity contribution in [1.82, 2.24) is 10.2 Å². The van der Waals surface area contributed by atoms with E-state index in [-0.39, 0.29) is 23.0 Å². The van der Waals surface area contributed by atoms with Crippen molar-refractivity contribution < 1.29 is 27.5 Å². The van der Waals surface area contributed by atoms with Crippen molar-refractivity contribution in [3.63, 3.8) is 0 Å². The number of para-hydroxylation sites is 1. The van der Waals surface area contributed by atoms with Crippen LogP contribution in [0.4, 0.5) is 5.69 Å². The molecule has 0 saturated carbocycles. The van der Waals surface area contributed by atoms with E-state index in [1.165, 1.54) is 17.0 Å². The summed E-state index contributed by atoms with van der Waals surface area (Å²) in [6.07, 6.45) is 2.05. The molecule has 10 heteroatoms. The summed E-state index contributed by atoms with van der Waals surface area (Å²) in [5.41, 5.74) is 1.02. The number of anilines is 1. The lowest BCUT2D eigenvalue weighted by Crippen LogP contribution is -2.52. The maximum absolute atomic E-state index is 14.3. The van der Waals surface area contributed by atoms with E-state index >= 15 is 0 Å². The summed E-state index contributed by atoms with van der Waals surface area (Å²) in [6, 6.07) is 30.1. The first-order valence-corrected chi connectivity index (χ1v) is 16.8. The second kappa shape index (κ2) is 16.5. The van der Waals surface area contributed by atoms with Gasteiger partial charge < -0.3 is 19.7 Å². The summed E-state index contributed by atoms with van der Waals surface area (Å²) in [5, 5.41) is 2.94. The fourth-order valence-electron chi connectivity index (χ4n) is 4.95. The maximum atomic E-state index is 14.3. The molecule has 46 heavy (non-hydrogen) atoms. The average molecular weight is 644 g/mol. The van der Waals surface area contributed by atoms with Gasteiger partial charge in [0.1, 0.15) is 29.8 Å². The van der Waals surface area contributed by atoms with Crippen LogP contribution >= 0.6 is 0 Å². The Balaban J connectivity index is 1.70. The van der Waals surface area contributed by atoms with Gasteiger partial charge in [-0.15, -0.1) is 0 Å². The van der Waals surface area contributed by atoms with E-state index in [2.05, 4.69) is 5.32 Å². The van der Waals surface area contributed by atoms with E-state index in [0.717, 1.165) is 22.7 Å². The number of hydrogen-bond acceptors (Lipinski definition) is 6. The van der Waals surface area contributed by atoms with Crippen LogP contribution in [-0.4, -0.2) is 51.4 Å². The van der Waals surface area contributed by atoms with Gasteiger partial charge in [0.2, 0.25) is 11.8 Å². The van der Waals surface area contributed by atoms with Crippen molar-refractivity contribution in [2.45, 2.75) is 50.6 Å².